The summed E-state index contributed by atoms with van der Waals surface area (Å²) in [5, 5.41) is 5.53. The second-order valence-corrected chi connectivity index (χ2v) is 7.20. The predicted octanol–water partition coefficient (Wildman–Crippen LogP) is 2.77. The van der Waals surface area contributed by atoms with E-state index in [1.807, 2.05) is 30.3 Å². The van der Waals surface area contributed by atoms with Crippen molar-refractivity contribution < 1.29 is 9.59 Å². The lowest BCUT2D eigenvalue weighted by molar-refractivity contribution is -0.116. The normalized spacial score (nSPS) is 10.9. The number of pyridine rings is 2. The van der Waals surface area contributed by atoms with Gasteiger partial charge in [0.25, 0.3) is 5.91 Å². The molecule has 3 heterocycles. The third-order valence-electron chi connectivity index (χ3n) is 4.40. The molecule has 1 aromatic carbocycles. The second kappa shape index (κ2) is 8.72. The molecule has 0 saturated heterocycles. The molecule has 0 aliphatic rings. The summed E-state index contributed by atoms with van der Waals surface area (Å²) in [4.78, 5) is 42.3. The molecule has 9 nitrogen and oxygen atoms in total. The first-order chi connectivity index (χ1) is 15.0. The number of likely N-dealkylation sites (N-methyl/N-ethyl adjacent to an activating group) is 1. The SMILES string of the molecule is CN(C)CC(=O)Nc1ccc(C(=O)Nc2ccc3nc(-c4ccccn4)[nH]c3c2)cn1. The zero-order chi connectivity index (χ0) is 21.8. The van der Waals surface area contributed by atoms with Gasteiger partial charge >= 0.3 is 0 Å². The van der Waals surface area contributed by atoms with Gasteiger partial charge in [-0.3, -0.25) is 14.6 Å². The number of hydrogen-bond acceptors (Lipinski definition) is 6. The molecule has 31 heavy (non-hydrogen) atoms. The van der Waals surface area contributed by atoms with Gasteiger partial charge in [-0.15, -0.1) is 0 Å². The molecule has 3 N–H and O–H groups in total. The van der Waals surface area contributed by atoms with Crippen molar-refractivity contribution in [3.8, 4) is 11.5 Å². The van der Waals surface area contributed by atoms with Gasteiger partial charge in [0.05, 0.1) is 23.1 Å². The highest BCUT2D eigenvalue weighted by molar-refractivity contribution is 6.05. The van der Waals surface area contributed by atoms with E-state index in [0.717, 1.165) is 16.7 Å². The number of amides is 2. The van der Waals surface area contributed by atoms with Crippen molar-refractivity contribution in [3.63, 3.8) is 0 Å². The number of anilines is 2. The van der Waals surface area contributed by atoms with E-state index in [1.54, 1.807) is 43.4 Å². The van der Waals surface area contributed by atoms with Gasteiger partial charge in [-0.05, 0) is 56.6 Å². The first-order valence-corrected chi connectivity index (χ1v) is 9.61. The maximum atomic E-state index is 12.6. The molecule has 9 heteroatoms. The monoisotopic (exact) mass is 415 g/mol. The van der Waals surface area contributed by atoms with Crippen LogP contribution in [0.15, 0.2) is 60.9 Å². The molecule has 4 rings (SSSR count). The molecule has 3 aromatic heterocycles. The lowest BCUT2D eigenvalue weighted by atomic mass is 10.2. The summed E-state index contributed by atoms with van der Waals surface area (Å²) < 4.78 is 0. The fraction of sp³-hybridized carbons (Fsp3) is 0.136. The topological polar surface area (TPSA) is 116 Å². The number of fused-ring (bicyclic) bond motifs is 1. The molecule has 0 radical (unpaired) electrons. The fourth-order valence-electron chi connectivity index (χ4n) is 2.99. The van der Waals surface area contributed by atoms with Gasteiger partial charge in [-0.25, -0.2) is 9.97 Å². The number of aromatic nitrogens is 4. The van der Waals surface area contributed by atoms with Crippen LogP contribution in [0.5, 0.6) is 0 Å². The Kier molecular flexibility index (Phi) is 5.67. The van der Waals surface area contributed by atoms with Crippen LogP contribution in [-0.2, 0) is 4.79 Å². The van der Waals surface area contributed by atoms with E-state index in [-0.39, 0.29) is 18.4 Å². The molecule has 0 aliphatic heterocycles. The minimum Gasteiger partial charge on any atom is -0.337 e. The van der Waals surface area contributed by atoms with Gasteiger partial charge < -0.3 is 20.5 Å². The fourth-order valence-corrected chi connectivity index (χ4v) is 2.99. The van der Waals surface area contributed by atoms with Crippen molar-refractivity contribution in [1.29, 1.82) is 0 Å². The summed E-state index contributed by atoms with van der Waals surface area (Å²) >= 11 is 0. The molecule has 4 aromatic rings. The van der Waals surface area contributed by atoms with Crippen LogP contribution in [-0.4, -0.2) is 57.3 Å². The maximum Gasteiger partial charge on any atom is 0.257 e. The lowest BCUT2D eigenvalue weighted by Gasteiger charge is -2.10. The molecule has 0 fully saturated rings. The van der Waals surface area contributed by atoms with Gasteiger partial charge in [0.2, 0.25) is 5.91 Å². The van der Waals surface area contributed by atoms with Crippen molar-refractivity contribution in [2.45, 2.75) is 0 Å². The van der Waals surface area contributed by atoms with Crippen molar-refractivity contribution in [2.75, 3.05) is 31.3 Å². The quantitative estimate of drug-likeness (QED) is 0.446. The largest absolute Gasteiger partial charge is 0.337 e. The van der Waals surface area contributed by atoms with E-state index in [0.29, 0.717) is 22.9 Å². The van der Waals surface area contributed by atoms with Gasteiger partial charge in [0, 0.05) is 18.1 Å². The highest BCUT2D eigenvalue weighted by atomic mass is 16.2. The number of hydrogen-bond donors (Lipinski definition) is 3. The average molecular weight is 415 g/mol. The number of rotatable bonds is 6. The molecular formula is C22H21N7O2. The summed E-state index contributed by atoms with van der Waals surface area (Å²) in [6.45, 7) is 0.252. The Balaban J connectivity index is 1.45. The number of benzene rings is 1. The smallest absolute Gasteiger partial charge is 0.257 e. The Hall–Kier alpha value is -4.11. The van der Waals surface area contributed by atoms with E-state index in [9.17, 15) is 9.59 Å². The number of nitrogens with one attached hydrogen (secondary N) is 3. The number of aromatic amines is 1. The molecule has 0 saturated carbocycles. The van der Waals surface area contributed by atoms with Crippen molar-refractivity contribution >= 4 is 34.4 Å². The van der Waals surface area contributed by atoms with Crippen LogP contribution < -0.4 is 10.6 Å². The number of carbonyl (C=O) groups is 2. The summed E-state index contributed by atoms with van der Waals surface area (Å²) in [5.74, 6) is 0.578. The van der Waals surface area contributed by atoms with Crippen molar-refractivity contribution in [2.24, 2.45) is 0 Å². The molecule has 156 valence electrons. The Labute approximate surface area is 178 Å². The number of imidazole rings is 1. The van der Waals surface area contributed by atoms with Crippen molar-refractivity contribution in [3.05, 3.63) is 66.5 Å². The Bertz CT molecular complexity index is 1220. The van der Waals surface area contributed by atoms with Crippen LogP contribution in [0.1, 0.15) is 10.4 Å². The highest BCUT2D eigenvalue weighted by Crippen LogP contribution is 2.22. The Morgan fingerprint density at radius 3 is 2.61 bits per heavy atom. The molecule has 0 aliphatic carbocycles. The van der Waals surface area contributed by atoms with Crippen LogP contribution in [0.2, 0.25) is 0 Å². The standard InChI is InChI=1S/C22H21N7O2/c1-29(2)13-20(30)28-19-9-6-14(12-24-19)22(31)25-15-7-8-16-18(11-15)27-21(26-16)17-5-3-4-10-23-17/h3-12H,13H2,1-2H3,(H,25,31)(H,26,27)(H,24,28,30). The van der Waals surface area contributed by atoms with E-state index < -0.39 is 0 Å². The van der Waals surface area contributed by atoms with Crippen LogP contribution in [0, 0.1) is 0 Å². The number of nitrogens with zero attached hydrogens (tertiary/aromatic N) is 4. The maximum absolute atomic E-state index is 12.6. The summed E-state index contributed by atoms with van der Waals surface area (Å²) in [6.07, 6.45) is 3.13. The second-order valence-electron chi connectivity index (χ2n) is 7.20. The summed E-state index contributed by atoms with van der Waals surface area (Å²) in [5.41, 5.74) is 3.31. The predicted molar refractivity (Wildman–Crippen MR) is 119 cm³/mol. The summed E-state index contributed by atoms with van der Waals surface area (Å²) in [7, 11) is 3.61. The first kappa shape index (κ1) is 20.2. The Morgan fingerprint density at radius 1 is 1.03 bits per heavy atom. The Morgan fingerprint density at radius 2 is 1.90 bits per heavy atom. The lowest BCUT2D eigenvalue weighted by Crippen LogP contribution is -2.27. The van der Waals surface area contributed by atoms with Gasteiger partial charge in [-0.2, -0.15) is 0 Å². The van der Waals surface area contributed by atoms with Gasteiger partial charge in [-0.1, -0.05) is 6.07 Å². The minimum atomic E-state index is -0.303. The van der Waals surface area contributed by atoms with E-state index in [2.05, 4.69) is 30.6 Å². The first-order valence-electron chi connectivity index (χ1n) is 9.61. The average Bonchev–Trinajstić information content (AvgIpc) is 3.18. The number of H-pyrrole nitrogens is 1. The van der Waals surface area contributed by atoms with Crippen LogP contribution in [0.4, 0.5) is 11.5 Å². The third-order valence-corrected chi connectivity index (χ3v) is 4.40. The highest BCUT2D eigenvalue weighted by Gasteiger charge is 2.11. The van der Waals surface area contributed by atoms with E-state index >= 15 is 0 Å². The molecule has 2 amide bonds. The van der Waals surface area contributed by atoms with Crippen LogP contribution >= 0.6 is 0 Å². The van der Waals surface area contributed by atoms with Gasteiger partial charge in [0.1, 0.15) is 11.5 Å². The number of carbonyl (C=O) groups excluding carboxylic acids is 2. The molecule has 0 spiro atoms. The molecule has 0 atom stereocenters. The van der Waals surface area contributed by atoms with E-state index in [1.165, 1.54) is 6.20 Å². The zero-order valence-corrected chi connectivity index (χ0v) is 17.1. The van der Waals surface area contributed by atoms with E-state index in [4.69, 9.17) is 0 Å². The van der Waals surface area contributed by atoms with Crippen LogP contribution in [0.25, 0.3) is 22.6 Å². The van der Waals surface area contributed by atoms with Gasteiger partial charge in [0.15, 0.2) is 5.82 Å². The molecule has 0 unspecified atom stereocenters. The third kappa shape index (κ3) is 4.90. The minimum absolute atomic E-state index is 0.173. The molecular weight excluding hydrogens is 394 g/mol. The van der Waals surface area contributed by atoms with Crippen LogP contribution in [0.3, 0.4) is 0 Å². The molecule has 0 bridgehead atoms. The zero-order valence-electron chi connectivity index (χ0n) is 17.1. The summed E-state index contributed by atoms with van der Waals surface area (Å²) in [6, 6.07) is 14.3. The van der Waals surface area contributed by atoms with Crippen molar-refractivity contribution in [1.82, 2.24) is 24.8 Å².